The maximum atomic E-state index is 14.1. The lowest BCUT2D eigenvalue weighted by atomic mass is 10.1. The highest BCUT2D eigenvalue weighted by molar-refractivity contribution is 6.06. The summed E-state index contributed by atoms with van der Waals surface area (Å²) < 4.78 is 14.1. The Balaban J connectivity index is 1.77. The van der Waals surface area contributed by atoms with Crippen LogP contribution in [0.25, 0.3) is 17.3 Å². The summed E-state index contributed by atoms with van der Waals surface area (Å²) >= 11 is 0. The normalized spacial score (nSPS) is 11.2. The number of rotatable bonds is 5. The van der Waals surface area contributed by atoms with Crippen LogP contribution in [0.15, 0.2) is 54.6 Å². The number of nitrogens with one attached hydrogen (secondary N) is 1. The van der Waals surface area contributed by atoms with E-state index >= 15 is 0 Å². The van der Waals surface area contributed by atoms with Crippen molar-refractivity contribution < 1.29 is 14.3 Å². The number of aliphatic hydroxyl groups is 1. The lowest BCUT2D eigenvalue weighted by Gasteiger charge is -2.01. The van der Waals surface area contributed by atoms with Crippen molar-refractivity contribution in [3.63, 3.8) is 0 Å². The molecule has 25 heavy (non-hydrogen) atoms. The number of allylic oxidation sites excluding steroid dienone is 1. The van der Waals surface area contributed by atoms with E-state index in [0.29, 0.717) is 28.1 Å². The maximum Gasteiger partial charge on any atom is 0.185 e. The molecule has 0 bridgehead atoms. The molecule has 3 aromatic rings. The van der Waals surface area contributed by atoms with Crippen LogP contribution < -0.4 is 0 Å². The average molecular weight is 336 g/mol. The second-order valence-electron chi connectivity index (χ2n) is 5.74. The van der Waals surface area contributed by atoms with Crippen LogP contribution in [0.5, 0.6) is 0 Å². The van der Waals surface area contributed by atoms with E-state index in [1.54, 1.807) is 36.4 Å². The summed E-state index contributed by atoms with van der Waals surface area (Å²) in [4.78, 5) is 12.1. The number of hydrogen-bond donors (Lipinski definition) is 2. The zero-order chi connectivity index (χ0) is 17.8. The Hall–Kier alpha value is -3.05. The van der Waals surface area contributed by atoms with E-state index in [9.17, 15) is 9.18 Å². The molecular formula is C20H17FN2O2. The van der Waals surface area contributed by atoms with Crippen LogP contribution in [0.3, 0.4) is 0 Å². The highest BCUT2D eigenvalue weighted by Crippen LogP contribution is 2.23. The van der Waals surface area contributed by atoms with E-state index in [1.165, 1.54) is 12.1 Å². The van der Waals surface area contributed by atoms with E-state index in [1.807, 2.05) is 19.1 Å². The number of hydrogen-bond acceptors (Lipinski definition) is 3. The molecule has 5 heteroatoms. The Kier molecular flexibility index (Phi) is 4.86. The predicted octanol–water partition coefficient (Wildman–Crippen LogP) is 3.91. The van der Waals surface area contributed by atoms with Crippen molar-refractivity contribution in [2.45, 2.75) is 13.5 Å². The molecule has 0 spiro atoms. The van der Waals surface area contributed by atoms with Gasteiger partial charge in [-0.1, -0.05) is 35.9 Å². The summed E-state index contributed by atoms with van der Waals surface area (Å²) in [7, 11) is 0. The van der Waals surface area contributed by atoms with Gasteiger partial charge >= 0.3 is 0 Å². The number of carbonyl (C=O) groups excluding carboxylic acids is 1. The SMILES string of the molecule is Cc1ccc(C(=O)/C=C/c2cc(-c3ccc(CO)cc3F)n[nH]2)cc1. The van der Waals surface area contributed by atoms with Crippen LogP contribution in [-0.4, -0.2) is 21.1 Å². The fraction of sp³-hybridized carbons (Fsp3) is 0.100. The number of carbonyl (C=O) groups is 1. The molecule has 4 nitrogen and oxygen atoms in total. The number of H-pyrrole nitrogens is 1. The van der Waals surface area contributed by atoms with Crippen LogP contribution >= 0.6 is 0 Å². The average Bonchev–Trinajstić information content (AvgIpc) is 3.08. The molecule has 0 fully saturated rings. The Morgan fingerprint density at radius 3 is 2.64 bits per heavy atom. The number of aliphatic hydroxyl groups excluding tert-OH is 1. The van der Waals surface area contributed by atoms with Crippen molar-refractivity contribution in [3.05, 3.63) is 82.8 Å². The molecule has 0 saturated heterocycles. The lowest BCUT2D eigenvalue weighted by molar-refractivity contribution is 0.104. The van der Waals surface area contributed by atoms with Gasteiger partial charge in [0.15, 0.2) is 5.78 Å². The predicted molar refractivity (Wildman–Crippen MR) is 94.4 cm³/mol. The van der Waals surface area contributed by atoms with Gasteiger partial charge in [0.25, 0.3) is 0 Å². The molecule has 0 radical (unpaired) electrons. The molecule has 0 unspecified atom stereocenters. The van der Waals surface area contributed by atoms with Gasteiger partial charge in [-0.15, -0.1) is 0 Å². The van der Waals surface area contributed by atoms with Gasteiger partial charge in [0, 0.05) is 11.1 Å². The molecule has 3 rings (SSSR count). The first kappa shape index (κ1) is 16.8. The Morgan fingerprint density at radius 2 is 1.96 bits per heavy atom. The zero-order valence-electron chi connectivity index (χ0n) is 13.7. The number of ketones is 1. The number of benzene rings is 2. The first-order valence-corrected chi connectivity index (χ1v) is 7.81. The molecule has 2 aromatic carbocycles. The monoisotopic (exact) mass is 336 g/mol. The van der Waals surface area contributed by atoms with Gasteiger partial charge in [0.2, 0.25) is 0 Å². The minimum Gasteiger partial charge on any atom is -0.392 e. The van der Waals surface area contributed by atoms with E-state index in [-0.39, 0.29) is 12.4 Å². The first-order chi connectivity index (χ1) is 12.1. The summed E-state index contributed by atoms with van der Waals surface area (Å²) in [6, 6.07) is 13.5. The number of aryl methyl sites for hydroxylation is 1. The van der Waals surface area contributed by atoms with E-state index < -0.39 is 5.82 Å². The van der Waals surface area contributed by atoms with E-state index in [2.05, 4.69) is 10.2 Å². The third kappa shape index (κ3) is 3.89. The molecule has 2 N–H and O–H groups in total. The minimum absolute atomic E-state index is 0.116. The number of aromatic amines is 1. The molecule has 0 atom stereocenters. The second kappa shape index (κ2) is 7.23. The van der Waals surface area contributed by atoms with Gasteiger partial charge in [0.1, 0.15) is 5.82 Å². The zero-order valence-corrected chi connectivity index (χ0v) is 13.7. The van der Waals surface area contributed by atoms with Gasteiger partial charge in [-0.2, -0.15) is 5.10 Å². The van der Waals surface area contributed by atoms with Crippen LogP contribution in [-0.2, 0) is 6.61 Å². The largest absolute Gasteiger partial charge is 0.392 e. The number of nitrogens with zero attached hydrogens (tertiary/aromatic N) is 1. The molecule has 126 valence electrons. The van der Waals surface area contributed by atoms with Crippen LogP contribution in [0.1, 0.15) is 27.2 Å². The lowest BCUT2D eigenvalue weighted by Crippen LogP contribution is -1.93. The maximum absolute atomic E-state index is 14.1. The second-order valence-corrected chi connectivity index (χ2v) is 5.74. The van der Waals surface area contributed by atoms with Crippen molar-refractivity contribution in [1.29, 1.82) is 0 Å². The van der Waals surface area contributed by atoms with Crippen molar-refractivity contribution in [1.82, 2.24) is 10.2 Å². The van der Waals surface area contributed by atoms with E-state index in [4.69, 9.17) is 5.11 Å². The molecule has 0 amide bonds. The standard InChI is InChI=1S/C20H17FN2O2/c1-13-2-5-15(6-3-13)20(25)9-7-16-11-19(23-22-16)17-8-4-14(12-24)10-18(17)21/h2-11,24H,12H2,1H3,(H,22,23)/b9-7+. The van der Waals surface area contributed by atoms with Gasteiger partial charge in [-0.05, 0) is 42.8 Å². The van der Waals surface area contributed by atoms with Crippen molar-refractivity contribution in [2.24, 2.45) is 0 Å². The molecule has 1 heterocycles. The highest BCUT2D eigenvalue weighted by atomic mass is 19.1. The third-order valence-electron chi connectivity index (χ3n) is 3.84. The first-order valence-electron chi connectivity index (χ1n) is 7.81. The summed E-state index contributed by atoms with van der Waals surface area (Å²) in [5, 5.41) is 15.9. The molecule has 0 aliphatic heterocycles. The quantitative estimate of drug-likeness (QED) is 0.548. The van der Waals surface area contributed by atoms with Crippen LogP contribution in [0.4, 0.5) is 4.39 Å². The summed E-state index contributed by atoms with van der Waals surface area (Å²) in [6.45, 7) is 1.75. The van der Waals surface area contributed by atoms with Crippen molar-refractivity contribution in [2.75, 3.05) is 0 Å². The smallest absolute Gasteiger partial charge is 0.185 e. The highest BCUT2D eigenvalue weighted by Gasteiger charge is 2.09. The minimum atomic E-state index is -0.454. The van der Waals surface area contributed by atoms with Gasteiger partial charge in [0.05, 0.1) is 18.0 Å². The van der Waals surface area contributed by atoms with Gasteiger partial charge in [-0.25, -0.2) is 4.39 Å². The van der Waals surface area contributed by atoms with Crippen LogP contribution in [0, 0.1) is 12.7 Å². The fourth-order valence-corrected chi connectivity index (χ4v) is 2.40. The third-order valence-corrected chi connectivity index (χ3v) is 3.84. The summed E-state index contributed by atoms with van der Waals surface area (Å²) in [5.74, 6) is -0.570. The molecular weight excluding hydrogens is 319 g/mol. The number of aromatic nitrogens is 2. The Labute approximate surface area is 144 Å². The molecule has 0 aliphatic rings. The summed E-state index contributed by atoms with van der Waals surface area (Å²) in [5.41, 5.74) is 3.56. The Morgan fingerprint density at radius 1 is 1.20 bits per heavy atom. The van der Waals surface area contributed by atoms with Crippen molar-refractivity contribution in [3.8, 4) is 11.3 Å². The Bertz CT molecular complexity index is 927. The topological polar surface area (TPSA) is 66.0 Å². The van der Waals surface area contributed by atoms with Crippen LogP contribution in [0.2, 0.25) is 0 Å². The summed E-state index contributed by atoms with van der Waals surface area (Å²) in [6.07, 6.45) is 3.06. The molecule has 0 aliphatic carbocycles. The van der Waals surface area contributed by atoms with Gasteiger partial charge < -0.3 is 5.11 Å². The fourth-order valence-electron chi connectivity index (χ4n) is 2.40. The number of halogens is 1. The molecule has 0 saturated carbocycles. The molecule has 1 aromatic heterocycles. The van der Waals surface area contributed by atoms with Crippen molar-refractivity contribution >= 4 is 11.9 Å². The van der Waals surface area contributed by atoms with E-state index in [0.717, 1.165) is 5.56 Å². The van der Waals surface area contributed by atoms with Gasteiger partial charge in [-0.3, -0.25) is 9.89 Å².